The van der Waals surface area contributed by atoms with Crippen LogP contribution in [-0.2, 0) is 9.59 Å². The van der Waals surface area contributed by atoms with Crippen LogP contribution in [-0.4, -0.2) is 34.7 Å². The van der Waals surface area contributed by atoms with Crippen LogP contribution in [0.1, 0.15) is 33.7 Å². The van der Waals surface area contributed by atoms with Gasteiger partial charge in [-0.1, -0.05) is 27.7 Å². The van der Waals surface area contributed by atoms with Crippen molar-refractivity contribution >= 4 is 11.9 Å². The Morgan fingerprint density at radius 3 is 2.48 bits per heavy atom. The number of ether oxygens (including phenoxy) is 1. The van der Waals surface area contributed by atoms with Crippen molar-refractivity contribution in [1.82, 2.24) is 9.88 Å². The minimum atomic E-state index is -1.09. The summed E-state index contributed by atoms with van der Waals surface area (Å²) < 4.78 is 6.36. The molecule has 1 heterocycles. The van der Waals surface area contributed by atoms with Gasteiger partial charge in [0.2, 0.25) is 0 Å². The number of carboxylic acids is 1. The van der Waals surface area contributed by atoms with Gasteiger partial charge in [-0.15, -0.1) is 0 Å². The SMILES string of the molecule is CC(C)CNC(=O)COc1cccn(C(C(=O)O)C(C)C)c1=O. The largest absolute Gasteiger partial charge is 0.480 e. The molecular weight excluding hydrogens is 300 g/mol. The minimum absolute atomic E-state index is 0.0425. The highest BCUT2D eigenvalue weighted by atomic mass is 16.5. The van der Waals surface area contributed by atoms with E-state index in [4.69, 9.17) is 4.74 Å². The quantitative estimate of drug-likeness (QED) is 0.751. The lowest BCUT2D eigenvalue weighted by atomic mass is 10.0. The number of amides is 1. The predicted octanol–water partition coefficient (Wildman–Crippen LogP) is 1.28. The first kappa shape index (κ1) is 18.7. The van der Waals surface area contributed by atoms with E-state index in [0.29, 0.717) is 12.5 Å². The molecule has 0 spiro atoms. The molecule has 1 unspecified atom stereocenters. The standard InChI is InChI=1S/C16H24N2O5/c1-10(2)8-17-13(19)9-23-12-6-5-7-18(15(12)20)14(11(3)4)16(21)22/h5-7,10-11,14H,8-9H2,1-4H3,(H,17,19)(H,21,22). The summed E-state index contributed by atoms with van der Waals surface area (Å²) >= 11 is 0. The third-order valence-corrected chi connectivity index (χ3v) is 3.19. The average molecular weight is 324 g/mol. The van der Waals surface area contributed by atoms with Crippen LogP contribution in [0.4, 0.5) is 0 Å². The van der Waals surface area contributed by atoms with Gasteiger partial charge in [0, 0.05) is 12.7 Å². The molecule has 1 aromatic heterocycles. The molecule has 1 aromatic rings. The molecule has 128 valence electrons. The van der Waals surface area contributed by atoms with Gasteiger partial charge in [0.25, 0.3) is 11.5 Å². The summed E-state index contributed by atoms with van der Waals surface area (Å²) in [4.78, 5) is 35.3. The van der Waals surface area contributed by atoms with E-state index < -0.39 is 17.6 Å². The Morgan fingerprint density at radius 2 is 1.96 bits per heavy atom. The van der Waals surface area contributed by atoms with Crippen LogP contribution in [0.5, 0.6) is 5.75 Å². The number of rotatable bonds is 8. The van der Waals surface area contributed by atoms with Gasteiger partial charge in [0.1, 0.15) is 6.04 Å². The predicted molar refractivity (Wildman–Crippen MR) is 85.6 cm³/mol. The lowest BCUT2D eigenvalue weighted by Crippen LogP contribution is -2.35. The van der Waals surface area contributed by atoms with Crippen molar-refractivity contribution in [3.8, 4) is 5.75 Å². The Labute approximate surface area is 135 Å². The summed E-state index contributed by atoms with van der Waals surface area (Å²) in [6.45, 7) is 7.61. The van der Waals surface area contributed by atoms with Gasteiger partial charge in [-0.2, -0.15) is 0 Å². The molecule has 1 amide bonds. The van der Waals surface area contributed by atoms with Gasteiger partial charge < -0.3 is 15.2 Å². The first-order valence-corrected chi connectivity index (χ1v) is 7.57. The number of aromatic nitrogens is 1. The molecule has 0 saturated carbocycles. The Morgan fingerprint density at radius 1 is 1.30 bits per heavy atom. The molecule has 23 heavy (non-hydrogen) atoms. The molecule has 2 N–H and O–H groups in total. The number of pyridine rings is 1. The number of carbonyl (C=O) groups is 2. The molecule has 1 rings (SSSR count). The summed E-state index contributed by atoms with van der Waals surface area (Å²) in [5, 5.41) is 12.0. The van der Waals surface area contributed by atoms with E-state index in [9.17, 15) is 19.5 Å². The molecule has 1 atom stereocenters. The molecule has 0 aliphatic rings. The number of hydrogen-bond acceptors (Lipinski definition) is 4. The van der Waals surface area contributed by atoms with E-state index in [-0.39, 0.29) is 24.2 Å². The van der Waals surface area contributed by atoms with Gasteiger partial charge in [-0.25, -0.2) is 4.79 Å². The molecular formula is C16H24N2O5. The summed E-state index contributed by atoms with van der Waals surface area (Å²) in [6.07, 6.45) is 1.41. The number of hydrogen-bond donors (Lipinski definition) is 2. The minimum Gasteiger partial charge on any atom is -0.480 e. The fourth-order valence-corrected chi connectivity index (χ4v) is 2.06. The van der Waals surface area contributed by atoms with Gasteiger partial charge in [-0.3, -0.25) is 14.2 Å². The van der Waals surface area contributed by atoms with Crippen molar-refractivity contribution in [2.24, 2.45) is 11.8 Å². The number of carbonyl (C=O) groups excluding carboxylic acids is 1. The van der Waals surface area contributed by atoms with Gasteiger partial charge in [-0.05, 0) is 24.0 Å². The van der Waals surface area contributed by atoms with E-state index in [2.05, 4.69) is 5.32 Å². The fourth-order valence-electron chi connectivity index (χ4n) is 2.06. The van der Waals surface area contributed by atoms with Crippen molar-refractivity contribution in [2.75, 3.05) is 13.2 Å². The van der Waals surface area contributed by atoms with Crippen molar-refractivity contribution in [3.63, 3.8) is 0 Å². The van der Waals surface area contributed by atoms with Crippen LogP contribution >= 0.6 is 0 Å². The van der Waals surface area contributed by atoms with Crippen LogP contribution in [0.15, 0.2) is 23.1 Å². The zero-order valence-corrected chi connectivity index (χ0v) is 13.9. The third-order valence-electron chi connectivity index (χ3n) is 3.19. The maximum Gasteiger partial charge on any atom is 0.327 e. The number of aliphatic carboxylic acids is 1. The van der Waals surface area contributed by atoms with E-state index in [1.165, 1.54) is 18.3 Å². The highest BCUT2D eigenvalue weighted by Crippen LogP contribution is 2.17. The maximum absolute atomic E-state index is 12.3. The van der Waals surface area contributed by atoms with E-state index in [1.807, 2.05) is 13.8 Å². The second kappa shape index (κ2) is 8.36. The first-order chi connectivity index (χ1) is 10.7. The third kappa shape index (κ3) is 5.43. The van der Waals surface area contributed by atoms with Crippen molar-refractivity contribution in [2.45, 2.75) is 33.7 Å². The highest BCUT2D eigenvalue weighted by Gasteiger charge is 2.25. The topological polar surface area (TPSA) is 97.6 Å². The molecule has 0 aromatic carbocycles. The molecule has 0 radical (unpaired) electrons. The monoisotopic (exact) mass is 324 g/mol. The Kier molecular flexibility index (Phi) is 6.81. The van der Waals surface area contributed by atoms with Crippen molar-refractivity contribution in [3.05, 3.63) is 28.7 Å². The van der Waals surface area contributed by atoms with Gasteiger partial charge >= 0.3 is 5.97 Å². The number of nitrogens with zero attached hydrogens (tertiary/aromatic N) is 1. The molecule has 0 fully saturated rings. The van der Waals surface area contributed by atoms with Crippen LogP contribution in [0.25, 0.3) is 0 Å². The van der Waals surface area contributed by atoms with Gasteiger partial charge in [0.15, 0.2) is 12.4 Å². The van der Waals surface area contributed by atoms with Crippen molar-refractivity contribution in [1.29, 1.82) is 0 Å². The van der Waals surface area contributed by atoms with E-state index in [1.54, 1.807) is 13.8 Å². The zero-order chi connectivity index (χ0) is 17.6. The molecule has 7 nitrogen and oxygen atoms in total. The molecule has 0 aliphatic heterocycles. The lowest BCUT2D eigenvalue weighted by molar-refractivity contribution is -0.142. The number of carboxylic acid groups (broad SMARTS) is 1. The summed E-state index contributed by atoms with van der Waals surface area (Å²) in [6, 6.07) is 1.97. The summed E-state index contributed by atoms with van der Waals surface area (Å²) in [5.74, 6) is -1.41. The Hall–Kier alpha value is -2.31. The molecule has 0 aliphatic carbocycles. The molecule has 0 saturated heterocycles. The highest BCUT2D eigenvalue weighted by molar-refractivity contribution is 5.77. The smallest absolute Gasteiger partial charge is 0.327 e. The van der Waals surface area contributed by atoms with E-state index >= 15 is 0 Å². The molecule has 7 heteroatoms. The summed E-state index contributed by atoms with van der Waals surface area (Å²) in [5.41, 5.74) is -0.565. The number of nitrogens with one attached hydrogen (secondary N) is 1. The van der Waals surface area contributed by atoms with Crippen LogP contribution in [0, 0.1) is 11.8 Å². The zero-order valence-electron chi connectivity index (χ0n) is 13.9. The molecule has 0 bridgehead atoms. The van der Waals surface area contributed by atoms with Crippen LogP contribution in [0.3, 0.4) is 0 Å². The fraction of sp³-hybridized carbons (Fsp3) is 0.562. The second-order valence-electron chi connectivity index (χ2n) is 6.10. The van der Waals surface area contributed by atoms with E-state index in [0.717, 1.165) is 4.57 Å². The lowest BCUT2D eigenvalue weighted by Gasteiger charge is -2.19. The Bertz CT molecular complexity index is 607. The van der Waals surface area contributed by atoms with Crippen LogP contribution in [0.2, 0.25) is 0 Å². The normalized spacial score (nSPS) is 12.3. The second-order valence-corrected chi connectivity index (χ2v) is 6.10. The first-order valence-electron chi connectivity index (χ1n) is 7.57. The summed E-state index contributed by atoms with van der Waals surface area (Å²) in [7, 11) is 0. The Balaban J connectivity index is 2.86. The van der Waals surface area contributed by atoms with Crippen LogP contribution < -0.4 is 15.6 Å². The average Bonchev–Trinajstić information content (AvgIpc) is 2.45. The van der Waals surface area contributed by atoms with Crippen molar-refractivity contribution < 1.29 is 19.4 Å². The maximum atomic E-state index is 12.3. The van der Waals surface area contributed by atoms with Gasteiger partial charge in [0.05, 0.1) is 0 Å².